The second-order valence-corrected chi connectivity index (χ2v) is 8.07. The highest BCUT2D eigenvalue weighted by atomic mass is 32.1. The van der Waals surface area contributed by atoms with Gasteiger partial charge in [-0.05, 0) is 38.1 Å². The molecule has 0 radical (unpaired) electrons. The fourth-order valence-corrected chi connectivity index (χ4v) is 4.50. The molecule has 2 rings (SSSR count). The third kappa shape index (κ3) is 4.05. The van der Waals surface area contributed by atoms with E-state index >= 15 is 0 Å². The van der Waals surface area contributed by atoms with Crippen LogP contribution in [0.1, 0.15) is 75.1 Å². The van der Waals surface area contributed by atoms with Crippen molar-refractivity contribution in [2.75, 3.05) is 19.7 Å². The molecule has 21 heavy (non-hydrogen) atoms. The molecular formula is C17H30N2OS. The topological polar surface area (TPSA) is 34.1 Å². The summed E-state index contributed by atoms with van der Waals surface area (Å²) >= 11 is 1.88. The first-order chi connectivity index (χ1) is 9.97. The van der Waals surface area contributed by atoms with Gasteiger partial charge in [0.25, 0.3) is 0 Å². The summed E-state index contributed by atoms with van der Waals surface area (Å²) < 4.78 is 6.02. The van der Waals surface area contributed by atoms with E-state index in [1.807, 2.05) is 11.3 Å². The molecule has 0 aromatic carbocycles. The van der Waals surface area contributed by atoms with Gasteiger partial charge in [-0.1, -0.05) is 27.7 Å². The van der Waals surface area contributed by atoms with Crippen LogP contribution >= 0.6 is 11.3 Å². The van der Waals surface area contributed by atoms with E-state index in [0.717, 1.165) is 19.7 Å². The molecule has 0 saturated carbocycles. The molecule has 0 spiro atoms. The molecule has 2 unspecified atom stereocenters. The molecule has 1 aromatic heterocycles. The monoisotopic (exact) mass is 310 g/mol. The van der Waals surface area contributed by atoms with Crippen LogP contribution in [0.3, 0.4) is 0 Å². The molecule has 1 aliphatic rings. The average molecular weight is 311 g/mol. The van der Waals surface area contributed by atoms with Gasteiger partial charge in [-0.15, -0.1) is 11.3 Å². The Morgan fingerprint density at radius 2 is 2.14 bits per heavy atom. The Kier molecular flexibility index (Phi) is 5.81. The lowest BCUT2D eigenvalue weighted by Gasteiger charge is -2.28. The van der Waals surface area contributed by atoms with E-state index in [-0.39, 0.29) is 11.5 Å². The van der Waals surface area contributed by atoms with Crippen molar-refractivity contribution in [3.05, 3.63) is 15.6 Å². The van der Waals surface area contributed by atoms with E-state index < -0.39 is 0 Å². The first kappa shape index (κ1) is 16.9. The normalized spacial score (nSPS) is 20.3. The van der Waals surface area contributed by atoms with Crippen molar-refractivity contribution in [2.45, 2.75) is 65.9 Å². The van der Waals surface area contributed by atoms with Crippen molar-refractivity contribution in [3.8, 4) is 0 Å². The minimum atomic E-state index is 0.0909. The number of hydrogen-bond donors (Lipinski definition) is 1. The van der Waals surface area contributed by atoms with Crippen LogP contribution in [0.5, 0.6) is 0 Å². The van der Waals surface area contributed by atoms with Gasteiger partial charge in [0.15, 0.2) is 0 Å². The van der Waals surface area contributed by atoms with E-state index in [9.17, 15) is 0 Å². The maximum atomic E-state index is 6.02. The first-order valence-electron chi connectivity index (χ1n) is 8.29. The Balaban J connectivity index is 2.25. The van der Waals surface area contributed by atoms with Crippen LogP contribution in [-0.4, -0.2) is 24.7 Å². The lowest BCUT2D eigenvalue weighted by Crippen LogP contribution is -2.24. The average Bonchev–Trinajstić information content (AvgIpc) is 2.84. The summed E-state index contributed by atoms with van der Waals surface area (Å²) in [6, 6.07) is 0. The molecular weight excluding hydrogens is 280 g/mol. The molecule has 1 aromatic rings. The number of nitrogens with one attached hydrogen (secondary N) is 1. The number of aryl methyl sites for hydroxylation is 1. The quantitative estimate of drug-likeness (QED) is 0.851. The summed E-state index contributed by atoms with van der Waals surface area (Å²) in [7, 11) is 0. The van der Waals surface area contributed by atoms with Gasteiger partial charge in [-0.2, -0.15) is 0 Å². The van der Waals surface area contributed by atoms with Crippen LogP contribution in [-0.2, 0) is 11.2 Å². The number of thiazole rings is 1. The molecule has 4 heteroatoms. The second kappa shape index (κ2) is 7.21. The first-order valence-corrected chi connectivity index (χ1v) is 9.10. The minimum absolute atomic E-state index is 0.0909. The minimum Gasteiger partial charge on any atom is -0.371 e. The Morgan fingerprint density at radius 1 is 1.38 bits per heavy atom. The van der Waals surface area contributed by atoms with Crippen molar-refractivity contribution in [1.82, 2.24) is 10.3 Å². The lowest BCUT2D eigenvalue weighted by atomic mass is 9.88. The Bertz CT molecular complexity index is 450. The third-order valence-corrected chi connectivity index (χ3v) is 5.25. The molecule has 0 saturated heterocycles. The fraction of sp³-hybridized carbons (Fsp3) is 0.824. The van der Waals surface area contributed by atoms with E-state index in [4.69, 9.17) is 9.72 Å². The van der Waals surface area contributed by atoms with Crippen LogP contribution in [0.2, 0.25) is 0 Å². The van der Waals surface area contributed by atoms with Crippen LogP contribution in [0.4, 0.5) is 0 Å². The van der Waals surface area contributed by atoms with Gasteiger partial charge < -0.3 is 10.1 Å². The summed E-state index contributed by atoms with van der Waals surface area (Å²) in [4.78, 5) is 6.52. The van der Waals surface area contributed by atoms with Crippen molar-refractivity contribution in [1.29, 1.82) is 0 Å². The van der Waals surface area contributed by atoms with Gasteiger partial charge >= 0.3 is 0 Å². The number of hydrogen-bond acceptors (Lipinski definition) is 4. The number of aromatic nitrogens is 1. The highest BCUT2D eigenvalue weighted by Crippen LogP contribution is 2.42. The maximum Gasteiger partial charge on any atom is 0.123 e. The zero-order chi connectivity index (χ0) is 15.5. The Morgan fingerprint density at radius 3 is 2.76 bits per heavy atom. The van der Waals surface area contributed by atoms with E-state index in [0.29, 0.717) is 5.92 Å². The van der Waals surface area contributed by atoms with E-state index in [1.165, 1.54) is 34.8 Å². The molecule has 0 aliphatic heterocycles. The zero-order valence-corrected chi connectivity index (χ0v) is 15.0. The molecule has 0 bridgehead atoms. The van der Waals surface area contributed by atoms with Crippen molar-refractivity contribution in [3.63, 3.8) is 0 Å². The second-order valence-electron chi connectivity index (χ2n) is 6.96. The molecule has 2 atom stereocenters. The lowest BCUT2D eigenvalue weighted by molar-refractivity contribution is -0.0134. The van der Waals surface area contributed by atoms with Gasteiger partial charge in [0.1, 0.15) is 11.1 Å². The number of fused-ring (bicyclic) bond motifs is 1. The van der Waals surface area contributed by atoms with Crippen molar-refractivity contribution < 1.29 is 4.74 Å². The molecule has 0 amide bonds. The van der Waals surface area contributed by atoms with Crippen molar-refractivity contribution in [2.24, 2.45) is 5.41 Å². The van der Waals surface area contributed by atoms with Crippen LogP contribution < -0.4 is 5.32 Å². The zero-order valence-electron chi connectivity index (χ0n) is 14.2. The molecule has 1 heterocycles. The highest BCUT2D eigenvalue weighted by Gasteiger charge is 2.32. The SMILES string of the molecule is CCNCC1CCCc2sc(C(OCC)C(C)(C)C)nc21. The molecule has 3 nitrogen and oxygen atoms in total. The number of ether oxygens (including phenoxy) is 1. The van der Waals surface area contributed by atoms with E-state index in [1.54, 1.807) is 0 Å². The molecule has 1 aliphatic carbocycles. The summed E-state index contributed by atoms with van der Waals surface area (Å²) in [5, 5.41) is 4.66. The van der Waals surface area contributed by atoms with Crippen LogP contribution in [0, 0.1) is 5.41 Å². The fourth-order valence-electron chi connectivity index (χ4n) is 3.01. The van der Waals surface area contributed by atoms with Crippen LogP contribution in [0.15, 0.2) is 0 Å². The Labute approximate surface area is 133 Å². The van der Waals surface area contributed by atoms with Gasteiger partial charge in [-0.25, -0.2) is 4.98 Å². The predicted molar refractivity (Wildman–Crippen MR) is 90.2 cm³/mol. The largest absolute Gasteiger partial charge is 0.371 e. The Hall–Kier alpha value is -0.450. The van der Waals surface area contributed by atoms with Gasteiger partial charge in [0, 0.05) is 23.9 Å². The number of nitrogens with zero attached hydrogens (tertiary/aromatic N) is 1. The predicted octanol–water partition coefficient (Wildman–Crippen LogP) is 4.30. The van der Waals surface area contributed by atoms with Crippen molar-refractivity contribution >= 4 is 11.3 Å². The standard InChI is InChI=1S/C17H30N2OS/c1-6-18-11-12-9-8-10-13-14(12)19-16(21-13)15(20-7-2)17(3,4)5/h12,15,18H,6-11H2,1-5H3. The van der Waals surface area contributed by atoms with E-state index in [2.05, 4.69) is 39.9 Å². The molecule has 1 N–H and O–H groups in total. The van der Waals surface area contributed by atoms with Gasteiger partial charge in [0.2, 0.25) is 0 Å². The summed E-state index contributed by atoms with van der Waals surface area (Å²) in [6.07, 6.45) is 3.86. The van der Waals surface area contributed by atoms with Gasteiger partial charge in [-0.3, -0.25) is 0 Å². The van der Waals surface area contributed by atoms with Gasteiger partial charge in [0.05, 0.1) is 5.69 Å². The molecule has 120 valence electrons. The summed E-state index contributed by atoms with van der Waals surface area (Å²) in [5.74, 6) is 0.584. The summed E-state index contributed by atoms with van der Waals surface area (Å²) in [6.45, 7) is 13.8. The third-order valence-electron chi connectivity index (χ3n) is 4.07. The summed E-state index contributed by atoms with van der Waals surface area (Å²) in [5.41, 5.74) is 1.43. The number of rotatable bonds is 6. The van der Waals surface area contributed by atoms with Crippen LogP contribution in [0.25, 0.3) is 0 Å². The maximum absolute atomic E-state index is 6.02. The molecule has 0 fully saturated rings. The smallest absolute Gasteiger partial charge is 0.123 e. The highest BCUT2D eigenvalue weighted by molar-refractivity contribution is 7.11. The number of likely N-dealkylation sites (N-methyl/N-ethyl adjacent to an activating group) is 1.